The lowest BCUT2D eigenvalue weighted by Crippen LogP contribution is -2.45. The maximum Gasteiger partial charge on any atom is 0.243 e. The average molecular weight is 501 g/mol. The van der Waals surface area contributed by atoms with Gasteiger partial charge in [-0.1, -0.05) is 24.3 Å². The van der Waals surface area contributed by atoms with E-state index in [4.69, 9.17) is 4.98 Å². The van der Waals surface area contributed by atoms with Crippen LogP contribution >= 0.6 is 0 Å². The molecule has 6 nitrogen and oxygen atoms in total. The summed E-state index contributed by atoms with van der Waals surface area (Å²) < 4.78 is 70.9. The van der Waals surface area contributed by atoms with Crippen molar-refractivity contribution in [2.45, 2.75) is 30.3 Å². The molecule has 3 aromatic carbocycles. The van der Waals surface area contributed by atoms with Gasteiger partial charge >= 0.3 is 0 Å². The van der Waals surface area contributed by atoms with Gasteiger partial charge in [0.25, 0.3) is 0 Å². The second kappa shape index (κ2) is 9.35. The van der Waals surface area contributed by atoms with Crippen LogP contribution in [-0.2, 0) is 16.6 Å². The molecule has 1 aliphatic rings. The second-order valence-corrected chi connectivity index (χ2v) is 10.3. The third-order valence-corrected chi connectivity index (χ3v) is 7.70. The fourth-order valence-corrected chi connectivity index (χ4v) is 5.82. The average Bonchev–Trinajstić information content (AvgIpc) is 3.17. The molecule has 2 heterocycles. The van der Waals surface area contributed by atoms with Crippen LogP contribution in [0.2, 0.25) is 0 Å². The van der Waals surface area contributed by atoms with Crippen LogP contribution in [0.4, 0.5) is 19.1 Å². The topological polar surface area (TPSA) is 67.2 Å². The largest absolute Gasteiger partial charge is 0.342 e. The molecule has 0 aliphatic carbocycles. The normalized spacial score (nSPS) is 15.1. The highest BCUT2D eigenvalue weighted by Crippen LogP contribution is 2.27. The lowest BCUT2D eigenvalue weighted by atomic mass is 10.1. The van der Waals surface area contributed by atoms with Crippen molar-refractivity contribution >= 4 is 27.0 Å². The van der Waals surface area contributed by atoms with Crippen LogP contribution in [0, 0.1) is 17.5 Å². The van der Waals surface area contributed by atoms with Crippen LogP contribution < -0.4 is 9.62 Å². The van der Waals surface area contributed by atoms with Crippen molar-refractivity contribution in [3.63, 3.8) is 0 Å². The van der Waals surface area contributed by atoms with E-state index < -0.39 is 32.6 Å². The van der Waals surface area contributed by atoms with Gasteiger partial charge in [0.05, 0.1) is 17.6 Å². The summed E-state index contributed by atoms with van der Waals surface area (Å²) in [6.07, 6.45) is 0.955. The smallest absolute Gasteiger partial charge is 0.243 e. The van der Waals surface area contributed by atoms with Gasteiger partial charge in [0.15, 0.2) is 0 Å². The summed E-state index contributed by atoms with van der Waals surface area (Å²) in [5.41, 5.74) is 2.54. The van der Waals surface area contributed by atoms with Crippen LogP contribution in [-0.4, -0.2) is 37.1 Å². The van der Waals surface area contributed by atoms with Crippen molar-refractivity contribution < 1.29 is 21.6 Å². The number of nitrogens with one attached hydrogen (secondary N) is 1. The van der Waals surface area contributed by atoms with Crippen molar-refractivity contribution in [2.24, 2.45) is 0 Å². The first-order valence-corrected chi connectivity index (χ1v) is 12.7. The summed E-state index contributed by atoms with van der Waals surface area (Å²) in [6.45, 7) is 1.47. The van der Waals surface area contributed by atoms with Crippen molar-refractivity contribution in [1.82, 2.24) is 14.3 Å². The van der Waals surface area contributed by atoms with Gasteiger partial charge in [-0.3, -0.25) is 0 Å². The molecular formula is C25H23F3N4O2S. The molecule has 0 atom stereocenters. The van der Waals surface area contributed by atoms with E-state index in [9.17, 15) is 21.6 Å². The standard InChI is InChI=1S/C25H23F3N4O2S/c26-18-5-3-4-17(14-18)16-32-23-7-2-1-6-22(23)29-25(32)31-12-10-20(11-13-31)30-35(33,34)24-9-8-19(27)15-21(24)28/h1-9,14-15,20,30H,10-13,16H2. The summed E-state index contributed by atoms with van der Waals surface area (Å²) in [4.78, 5) is 6.29. The molecule has 0 radical (unpaired) electrons. The zero-order valence-corrected chi connectivity index (χ0v) is 19.5. The third kappa shape index (κ3) is 4.89. The maximum atomic E-state index is 14.0. The van der Waals surface area contributed by atoms with Gasteiger partial charge in [0.1, 0.15) is 22.3 Å². The number of benzene rings is 3. The Kier molecular flexibility index (Phi) is 6.24. The number of aromatic nitrogens is 2. The van der Waals surface area contributed by atoms with Crippen molar-refractivity contribution in [3.8, 4) is 0 Å². The number of fused-ring (bicyclic) bond motifs is 1. The molecule has 182 valence electrons. The predicted molar refractivity (Wildman–Crippen MR) is 127 cm³/mol. The fourth-order valence-electron chi connectivity index (χ4n) is 4.45. The van der Waals surface area contributed by atoms with Gasteiger partial charge in [-0.05, 0) is 54.8 Å². The number of nitrogens with zero attached hydrogens (tertiary/aromatic N) is 3. The van der Waals surface area contributed by atoms with E-state index in [-0.39, 0.29) is 5.82 Å². The Bertz CT molecular complexity index is 1480. The van der Waals surface area contributed by atoms with Crippen LogP contribution in [0.1, 0.15) is 18.4 Å². The van der Waals surface area contributed by atoms with Crippen molar-refractivity contribution in [2.75, 3.05) is 18.0 Å². The molecule has 4 aromatic rings. The molecular weight excluding hydrogens is 477 g/mol. The molecule has 0 unspecified atom stereocenters. The van der Waals surface area contributed by atoms with E-state index in [0.717, 1.165) is 34.7 Å². The quantitative estimate of drug-likeness (QED) is 0.425. The van der Waals surface area contributed by atoms with Crippen LogP contribution in [0.3, 0.4) is 0 Å². The third-order valence-electron chi connectivity index (χ3n) is 6.15. The number of hydrogen-bond acceptors (Lipinski definition) is 4. The Labute approximate surface area is 201 Å². The van der Waals surface area contributed by atoms with E-state index in [0.29, 0.717) is 38.5 Å². The number of rotatable bonds is 6. The molecule has 1 N–H and O–H groups in total. The van der Waals surface area contributed by atoms with E-state index in [1.807, 2.05) is 34.9 Å². The molecule has 1 fully saturated rings. The number of hydrogen-bond donors (Lipinski definition) is 1. The summed E-state index contributed by atoms with van der Waals surface area (Å²) in [6, 6.07) is 16.1. The lowest BCUT2D eigenvalue weighted by molar-refractivity contribution is 0.452. The van der Waals surface area contributed by atoms with E-state index in [1.165, 1.54) is 12.1 Å². The zero-order valence-electron chi connectivity index (χ0n) is 18.7. The van der Waals surface area contributed by atoms with Gasteiger partial charge in [-0.2, -0.15) is 0 Å². The Morgan fingerprint density at radius 2 is 1.66 bits per heavy atom. The summed E-state index contributed by atoms with van der Waals surface area (Å²) in [7, 11) is -4.13. The molecule has 0 spiro atoms. The Balaban J connectivity index is 1.34. The minimum atomic E-state index is -4.13. The van der Waals surface area contributed by atoms with E-state index in [2.05, 4.69) is 9.62 Å². The first-order valence-electron chi connectivity index (χ1n) is 11.2. The summed E-state index contributed by atoms with van der Waals surface area (Å²) >= 11 is 0. The Hall–Kier alpha value is -3.37. The number of anilines is 1. The highest BCUT2D eigenvalue weighted by Gasteiger charge is 2.28. The summed E-state index contributed by atoms with van der Waals surface area (Å²) in [5.74, 6) is -1.54. The molecule has 1 aromatic heterocycles. The van der Waals surface area contributed by atoms with E-state index >= 15 is 0 Å². The Morgan fingerprint density at radius 1 is 0.914 bits per heavy atom. The number of piperidine rings is 1. The van der Waals surface area contributed by atoms with Gasteiger partial charge < -0.3 is 9.47 Å². The minimum Gasteiger partial charge on any atom is -0.342 e. The molecule has 0 bridgehead atoms. The van der Waals surface area contributed by atoms with Gasteiger partial charge in [0.2, 0.25) is 16.0 Å². The monoisotopic (exact) mass is 500 g/mol. The molecule has 1 aliphatic heterocycles. The van der Waals surface area contributed by atoms with Gasteiger partial charge in [-0.25, -0.2) is 31.3 Å². The lowest BCUT2D eigenvalue weighted by Gasteiger charge is -2.33. The molecule has 35 heavy (non-hydrogen) atoms. The molecule has 0 amide bonds. The number of imidazole rings is 1. The highest BCUT2D eigenvalue weighted by molar-refractivity contribution is 7.89. The first-order chi connectivity index (χ1) is 16.8. The summed E-state index contributed by atoms with van der Waals surface area (Å²) in [5, 5.41) is 0. The molecule has 1 saturated heterocycles. The maximum absolute atomic E-state index is 14.0. The number of sulfonamides is 1. The molecule has 0 saturated carbocycles. The SMILES string of the molecule is O=S(=O)(NC1CCN(c2nc3ccccc3n2Cc2cccc(F)c2)CC1)c1ccc(F)cc1F. The van der Waals surface area contributed by atoms with Crippen molar-refractivity contribution in [3.05, 3.63) is 89.7 Å². The van der Waals surface area contributed by atoms with Gasteiger partial charge in [0, 0.05) is 25.2 Å². The number of halogens is 3. The second-order valence-electron chi connectivity index (χ2n) is 8.57. The fraction of sp³-hybridized carbons (Fsp3) is 0.240. The predicted octanol–water partition coefficient (Wildman–Crippen LogP) is 4.45. The molecule has 10 heteroatoms. The van der Waals surface area contributed by atoms with E-state index in [1.54, 1.807) is 6.07 Å². The molecule has 5 rings (SSSR count). The number of para-hydroxylation sites is 2. The first kappa shape index (κ1) is 23.4. The Morgan fingerprint density at radius 3 is 2.40 bits per heavy atom. The van der Waals surface area contributed by atoms with Crippen LogP contribution in [0.15, 0.2) is 71.6 Å². The zero-order chi connectivity index (χ0) is 24.6. The van der Waals surface area contributed by atoms with Gasteiger partial charge in [-0.15, -0.1) is 0 Å². The highest BCUT2D eigenvalue weighted by atomic mass is 32.2. The minimum absolute atomic E-state index is 0.306. The van der Waals surface area contributed by atoms with Crippen molar-refractivity contribution in [1.29, 1.82) is 0 Å². The van der Waals surface area contributed by atoms with Crippen LogP contribution in [0.5, 0.6) is 0 Å². The van der Waals surface area contributed by atoms with Crippen LogP contribution in [0.25, 0.3) is 11.0 Å².